The molecule has 4 aromatic rings. The van der Waals surface area contributed by atoms with Crippen molar-refractivity contribution in [2.45, 2.75) is 26.8 Å². The smallest absolute Gasteiger partial charge is 0.257 e. The van der Waals surface area contributed by atoms with E-state index in [0.29, 0.717) is 22.5 Å². The molecule has 8 nitrogen and oxygen atoms in total. The van der Waals surface area contributed by atoms with Gasteiger partial charge in [-0.3, -0.25) is 9.48 Å². The number of piperazine rings is 1. The molecule has 166 valence electrons. The Morgan fingerprint density at radius 2 is 1.97 bits per heavy atom. The van der Waals surface area contributed by atoms with Crippen LogP contribution in [0.5, 0.6) is 0 Å². The van der Waals surface area contributed by atoms with Crippen molar-refractivity contribution in [1.29, 1.82) is 0 Å². The molecule has 1 aromatic carbocycles. The van der Waals surface area contributed by atoms with Crippen molar-refractivity contribution < 1.29 is 9.18 Å². The van der Waals surface area contributed by atoms with Crippen LogP contribution in [0, 0.1) is 12.7 Å². The maximum Gasteiger partial charge on any atom is 0.257 e. The lowest BCUT2D eigenvalue weighted by Crippen LogP contribution is -2.43. The molecule has 32 heavy (non-hydrogen) atoms. The fraction of sp³-hybridized carbons (Fsp3) is 0.348. The molecule has 0 spiro atoms. The van der Waals surface area contributed by atoms with Crippen LogP contribution in [0.4, 0.5) is 15.8 Å². The van der Waals surface area contributed by atoms with E-state index in [9.17, 15) is 9.18 Å². The van der Waals surface area contributed by atoms with E-state index >= 15 is 0 Å². The van der Waals surface area contributed by atoms with Gasteiger partial charge < -0.3 is 19.9 Å². The van der Waals surface area contributed by atoms with E-state index in [1.807, 2.05) is 23.0 Å². The Morgan fingerprint density at radius 3 is 2.72 bits per heavy atom. The molecule has 1 fully saturated rings. The fourth-order valence-electron chi connectivity index (χ4n) is 4.18. The number of imidazole rings is 1. The minimum absolute atomic E-state index is 0.162. The van der Waals surface area contributed by atoms with Crippen LogP contribution in [0.2, 0.25) is 0 Å². The normalized spacial score (nSPS) is 14.6. The van der Waals surface area contributed by atoms with Crippen molar-refractivity contribution in [2.24, 2.45) is 0 Å². The molecule has 4 heterocycles. The van der Waals surface area contributed by atoms with Crippen LogP contribution in [-0.4, -0.2) is 51.3 Å². The van der Waals surface area contributed by atoms with Crippen LogP contribution in [0.3, 0.4) is 0 Å². The zero-order valence-electron chi connectivity index (χ0n) is 18.4. The van der Waals surface area contributed by atoms with E-state index in [2.05, 4.69) is 34.4 Å². The number of nitrogens with zero attached hydrogens (tertiary/aromatic N) is 5. The highest BCUT2D eigenvalue weighted by Gasteiger charge is 2.21. The van der Waals surface area contributed by atoms with Crippen LogP contribution >= 0.6 is 0 Å². The molecule has 9 heteroatoms. The standard InChI is InChI=1S/C23H26FN7O/c1-14(2)31-13-18-20(29-8-6-25-7-9-29)5-4-17(21(18)28-31)23(32)27-16-10-19(24)22-26-15(3)11-30(22)12-16/h4-5,10-14,25H,6-9H2,1-3H3,(H,27,32). The molecule has 1 saturated heterocycles. The molecule has 3 aromatic heterocycles. The summed E-state index contributed by atoms with van der Waals surface area (Å²) in [5, 5.41) is 11.9. The number of halogens is 1. The van der Waals surface area contributed by atoms with E-state index in [1.165, 1.54) is 6.07 Å². The predicted octanol–water partition coefficient (Wildman–Crippen LogP) is 3.37. The molecular weight excluding hydrogens is 409 g/mol. The third-order valence-electron chi connectivity index (χ3n) is 5.79. The molecule has 1 aliphatic rings. The summed E-state index contributed by atoms with van der Waals surface area (Å²) < 4.78 is 17.9. The van der Waals surface area contributed by atoms with Gasteiger partial charge in [0.25, 0.3) is 5.91 Å². The van der Waals surface area contributed by atoms with Crippen molar-refractivity contribution in [3.05, 3.63) is 53.9 Å². The number of aryl methyl sites for hydroxylation is 1. The lowest BCUT2D eigenvalue weighted by molar-refractivity contribution is 0.102. The zero-order chi connectivity index (χ0) is 22.4. The van der Waals surface area contributed by atoms with Crippen molar-refractivity contribution in [2.75, 3.05) is 36.4 Å². The number of carbonyl (C=O) groups excluding carboxylic acids is 1. The molecular formula is C23H26FN7O. The second-order valence-corrected chi connectivity index (χ2v) is 8.48. The zero-order valence-corrected chi connectivity index (χ0v) is 18.4. The van der Waals surface area contributed by atoms with Gasteiger partial charge in [-0.1, -0.05) is 0 Å². The number of hydrogen-bond acceptors (Lipinski definition) is 5. The summed E-state index contributed by atoms with van der Waals surface area (Å²) in [6.07, 6.45) is 5.39. The summed E-state index contributed by atoms with van der Waals surface area (Å²) >= 11 is 0. The van der Waals surface area contributed by atoms with Crippen molar-refractivity contribution in [3.63, 3.8) is 0 Å². The van der Waals surface area contributed by atoms with E-state index in [-0.39, 0.29) is 17.6 Å². The van der Waals surface area contributed by atoms with Gasteiger partial charge in [0.2, 0.25) is 0 Å². The molecule has 2 N–H and O–H groups in total. The van der Waals surface area contributed by atoms with Crippen LogP contribution < -0.4 is 15.5 Å². The average Bonchev–Trinajstić information content (AvgIpc) is 3.37. The van der Waals surface area contributed by atoms with Crippen molar-refractivity contribution in [3.8, 4) is 0 Å². The molecule has 0 radical (unpaired) electrons. The molecule has 1 amide bonds. The fourth-order valence-corrected chi connectivity index (χ4v) is 4.18. The van der Waals surface area contributed by atoms with Crippen molar-refractivity contribution in [1.82, 2.24) is 24.5 Å². The highest BCUT2D eigenvalue weighted by Crippen LogP contribution is 2.31. The first kappa shape index (κ1) is 20.4. The van der Waals surface area contributed by atoms with Gasteiger partial charge in [-0.15, -0.1) is 0 Å². The molecule has 0 aliphatic carbocycles. The van der Waals surface area contributed by atoms with Crippen LogP contribution in [0.25, 0.3) is 16.6 Å². The lowest BCUT2D eigenvalue weighted by Gasteiger charge is -2.30. The number of nitrogens with one attached hydrogen (secondary N) is 2. The number of carbonyl (C=O) groups is 1. The SMILES string of the molecule is Cc1cn2cc(NC(=O)c3ccc(N4CCNCC4)c4cn(C(C)C)nc34)cc(F)c2n1. The minimum Gasteiger partial charge on any atom is -0.368 e. The molecule has 0 atom stereocenters. The predicted molar refractivity (Wildman–Crippen MR) is 123 cm³/mol. The van der Waals surface area contributed by atoms with Gasteiger partial charge in [0, 0.05) is 68.0 Å². The first-order chi connectivity index (χ1) is 15.4. The number of anilines is 2. The summed E-state index contributed by atoms with van der Waals surface area (Å²) in [7, 11) is 0. The van der Waals surface area contributed by atoms with Gasteiger partial charge in [0.1, 0.15) is 5.52 Å². The first-order valence-corrected chi connectivity index (χ1v) is 10.8. The largest absolute Gasteiger partial charge is 0.368 e. The first-order valence-electron chi connectivity index (χ1n) is 10.8. The van der Waals surface area contributed by atoms with Gasteiger partial charge in [0.05, 0.1) is 16.9 Å². The quantitative estimate of drug-likeness (QED) is 0.514. The maximum atomic E-state index is 14.5. The Labute approximate surface area is 185 Å². The van der Waals surface area contributed by atoms with Crippen LogP contribution in [-0.2, 0) is 0 Å². The van der Waals surface area contributed by atoms with Gasteiger partial charge in [-0.2, -0.15) is 5.10 Å². The van der Waals surface area contributed by atoms with E-state index in [4.69, 9.17) is 5.10 Å². The molecule has 0 saturated carbocycles. The molecule has 0 unspecified atom stereocenters. The topological polar surface area (TPSA) is 79.5 Å². The monoisotopic (exact) mass is 435 g/mol. The Balaban J connectivity index is 1.54. The summed E-state index contributed by atoms with van der Waals surface area (Å²) in [6, 6.07) is 5.25. The number of fused-ring (bicyclic) bond motifs is 2. The Morgan fingerprint density at radius 1 is 1.19 bits per heavy atom. The Kier molecular flexibility index (Phi) is 5.05. The molecule has 1 aliphatic heterocycles. The number of benzene rings is 1. The summed E-state index contributed by atoms with van der Waals surface area (Å²) in [5.74, 6) is -0.814. The molecule has 0 bridgehead atoms. The Hall–Kier alpha value is -3.46. The van der Waals surface area contributed by atoms with Crippen LogP contribution in [0.15, 0.2) is 36.8 Å². The van der Waals surface area contributed by atoms with E-state index < -0.39 is 5.82 Å². The highest BCUT2D eigenvalue weighted by molar-refractivity contribution is 6.13. The van der Waals surface area contributed by atoms with Gasteiger partial charge in [0.15, 0.2) is 11.5 Å². The van der Waals surface area contributed by atoms with Gasteiger partial charge in [-0.05, 0) is 32.9 Å². The maximum absolute atomic E-state index is 14.5. The third-order valence-corrected chi connectivity index (χ3v) is 5.79. The second-order valence-electron chi connectivity index (χ2n) is 8.48. The van der Waals surface area contributed by atoms with Crippen LogP contribution in [0.1, 0.15) is 35.9 Å². The average molecular weight is 436 g/mol. The second kappa shape index (κ2) is 7.90. The molecule has 5 rings (SSSR count). The number of pyridine rings is 1. The number of rotatable bonds is 4. The van der Waals surface area contributed by atoms with Crippen molar-refractivity contribution >= 4 is 33.8 Å². The van der Waals surface area contributed by atoms with E-state index in [0.717, 1.165) is 37.3 Å². The summed E-state index contributed by atoms with van der Waals surface area (Å²) in [4.78, 5) is 19.7. The minimum atomic E-state index is -0.487. The summed E-state index contributed by atoms with van der Waals surface area (Å²) in [5.41, 5.74) is 3.48. The van der Waals surface area contributed by atoms with Gasteiger partial charge in [-0.25, -0.2) is 9.37 Å². The highest BCUT2D eigenvalue weighted by atomic mass is 19.1. The number of aromatic nitrogens is 4. The van der Waals surface area contributed by atoms with Gasteiger partial charge >= 0.3 is 0 Å². The van der Waals surface area contributed by atoms with E-state index in [1.54, 1.807) is 23.7 Å². The number of hydrogen-bond donors (Lipinski definition) is 2. The lowest BCUT2D eigenvalue weighted by atomic mass is 10.1. The summed E-state index contributed by atoms with van der Waals surface area (Å²) in [6.45, 7) is 9.55. The Bertz CT molecular complexity index is 1320. The third kappa shape index (κ3) is 3.58. The number of amides is 1.